The highest BCUT2D eigenvalue weighted by atomic mass is 32.2. The molecule has 1 aliphatic heterocycles. The first-order valence-corrected chi connectivity index (χ1v) is 8.85. The van der Waals surface area contributed by atoms with Crippen LogP contribution in [0.2, 0.25) is 0 Å². The van der Waals surface area contributed by atoms with Crippen LogP contribution in [0.4, 0.5) is 5.69 Å². The molecule has 1 aromatic carbocycles. The van der Waals surface area contributed by atoms with Gasteiger partial charge >= 0.3 is 0 Å². The third kappa shape index (κ3) is 2.07. The number of rotatable bonds is 1. The van der Waals surface area contributed by atoms with Gasteiger partial charge in [0, 0.05) is 30.4 Å². The Hall–Kier alpha value is -3.13. The SMILES string of the molecule is CN1c2c(cc(=O)n(-c3ccccn3)c2O)-c2ccccc2S1(=O)=O. The molecular weight excluding hydrogens is 342 g/mol. The number of aromatic nitrogens is 2. The maximum absolute atomic E-state index is 12.8. The fraction of sp³-hybridized carbons (Fsp3) is 0.0588. The summed E-state index contributed by atoms with van der Waals surface area (Å²) < 4.78 is 27.5. The fourth-order valence-corrected chi connectivity index (χ4v) is 4.41. The third-order valence-corrected chi connectivity index (χ3v) is 5.99. The molecule has 4 rings (SSSR count). The summed E-state index contributed by atoms with van der Waals surface area (Å²) in [4.78, 5) is 16.7. The number of pyridine rings is 2. The Morgan fingerprint density at radius 1 is 1.04 bits per heavy atom. The van der Waals surface area contributed by atoms with Crippen molar-refractivity contribution in [3.8, 4) is 22.8 Å². The van der Waals surface area contributed by atoms with Crippen LogP contribution in [0.15, 0.2) is 64.4 Å². The molecule has 0 fully saturated rings. The standard InChI is InChI=1S/C17H13N3O4S/c1-19-16-12(11-6-2-3-7-13(11)25(19,23)24)10-15(21)20(17(16)22)14-8-4-5-9-18-14/h2-10,22H,1H3. The molecule has 0 radical (unpaired) electrons. The summed E-state index contributed by atoms with van der Waals surface area (Å²) in [6.45, 7) is 0. The molecule has 0 amide bonds. The van der Waals surface area contributed by atoms with Gasteiger partial charge in [-0.15, -0.1) is 0 Å². The van der Waals surface area contributed by atoms with Crippen LogP contribution >= 0.6 is 0 Å². The molecule has 1 aliphatic rings. The Labute approximate surface area is 143 Å². The van der Waals surface area contributed by atoms with Gasteiger partial charge in [-0.05, 0) is 18.2 Å². The Morgan fingerprint density at radius 2 is 1.76 bits per heavy atom. The predicted octanol–water partition coefficient (Wildman–Crippen LogP) is 1.74. The first-order chi connectivity index (χ1) is 11.9. The highest BCUT2D eigenvalue weighted by molar-refractivity contribution is 7.93. The average Bonchev–Trinajstić information content (AvgIpc) is 2.61. The van der Waals surface area contributed by atoms with E-state index in [0.717, 1.165) is 8.87 Å². The van der Waals surface area contributed by atoms with Crippen molar-refractivity contribution in [3.63, 3.8) is 0 Å². The van der Waals surface area contributed by atoms with Crippen molar-refractivity contribution in [2.24, 2.45) is 0 Å². The van der Waals surface area contributed by atoms with Gasteiger partial charge in [0.15, 0.2) is 0 Å². The van der Waals surface area contributed by atoms with Gasteiger partial charge < -0.3 is 5.11 Å². The summed E-state index contributed by atoms with van der Waals surface area (Å²) in [6.07, 6.45) is 1.48. The molecule has 8 heteroatoms. The average molecular weight is 355 g/mol. The Balaban J connectivity index is 2.13. The molecule has 1 N–H and O–H groups in total. The molecule has 0 saturated heterocycles. The number of anilines is 1. The van der Waals surface area contributed by atoms with Crippen LogP contribution in [0.1, 0.15) is 0 Å². The van der Waals surface area contributed by atoms with Crippen molar-refractivity contribution in [3.05, 3.63) is 65.1 Å². The minimum atomic E-state index is -3.83. The van der Waals surface area contributed by atoms with Crippen molar-refractivity contribution in [2.45, 2.75) is 4.90 Å². The maximum Gasteiger partial charge on any atom is 0.264 e. The molecule has 7 nitrogen and oxygen atoms in total. The monoisotopic (exact) mass is 355 g/mol. The topological polar surface area (TPSA) is 92.5 Å². The number of nitrogens with zero attached hydrogens (tertiary/aromatic N) is 3. The van der Waals surface area contributed by atoms with Crippen molar-refractivity contribution in [1.29, 1.82) is 0 Å². The van der Waals surface area contributed by atoms with E-state index in [-0.39, 0.29) is 16.4 Å². The van der Waals surface area contributed by atoms with E-state index in [9.17, 15) is 18.3 Å². The molecule has 25 heavy (non-hydrogen) atoms. The van der Waals surface area contributed by atoms with Gasteiger partial charge in [0.2, 0.25) is 5.88 Å². The minimum Gasteiger partial charge on any atom is -0.493 e. The minimum absolute atomic E-state index is 0.0453. The van der Waals surface area contributed by atoms with Gasteiger partial charge in [-0.3, -0.25) is 9.10 Å². The predicted molar refractivity (Wildman–Crippen MR) is 92.5 cm³/mol. The summed E-state index contributed by atoms with van der Waals surface area (Å²) in [5.74, 6) is -0.265. The smallest absolute Gasteiger partial charge is 0.264 e. The summed E-state index contributed by atoms with van der Waals surface area (Å²) in [5.41, 5.74) is 0.292. The van der Waals surface area contributed by atoms with Gasteiger partial charge in [-0.2, -0.15) is 0 Å². The van der Waals surface area contributed by atoms with Gasteiger partial charge in [0.1, 0.15) is 11.5 Å². The lowest BCUT2D eigenvalue weighted by atomic mass is 10.0. The largest absolute Gasteiger partial charge is 0.493 e. The molecule has 0 atom stereocenters. The summed E-state index contributed by atoms with van der Waals surface area (Å²) in [6, 6.07) is 12.6. The zero-order valence-electron chi connectivity index (χ0n) is 13.1. The van der Waals surface area contributed by atoms with E-state index < -0.39 is 21.5 Å². The van der Waals surface area contributed by atoms with Crippen LogP contribution in [0.5, 0.6) is 5.88 Å². The highest BCUT2D eigenvalue weighted by Gasteiger charge is 2.36. The Morgan fingerprint density at radius 3 is 2.48 bits per heavy atom. The van der Waals surface area contributed by atoms with E-state index >= 15 is 0 Å². The van der Waals surface area contributed by atoms with Crippen LogP contribution < -0.4 is 9.86 Å². The second-order valence-corrected chi connectivity index (χ2v) is 7.50. The van der Waals surface area contributed by atoms with Crippen molar-refractivity contribution in [1.82, 2.24) is 9.55 Å². The number of aromatic hydroxyl groups is 1. The van der Waals surface area contributed by atoms with Gasteiger partial charge in [0.25, 0.3) is 15.6 Å². The second kappa shape index (κ2) is 5.18. The molecule has 0 aliphatic carbocycles. The van der Waals surface area contributed by atoms with Crippen molar-refractivity contribution < 1.29 is 13.5 Å². The van der Waals surface area contributed by atoms with E-state index in [1.807, 2.05) is 0 Å². The molecule has 2 aromatic heterocycles. The number of hydrogen-bond donors (Lipinski definition) is 1. The molecule has 126 valence electrons. The summed E-state index contributed by atoms with van der Waals surface area (Å²) >= 11 is 0. The second-order valence-electron chi connectivity index (χ2n) is 5.56. The first-order valence-electron chi connectivity index (χ1n) is 7.41. The molecule has 0 saturated carbocycles. The number of hydrogen-bond acceptors (Lipinski definition) is 5. The van der Waals surface area contributed by atoms with E-state index in [2.05, 4.69) is 4.98 Å². The number of benzene rings is 1. The summed E-state index contributed by atoms with van der Waals surface area (Å²) in [7, 11) is -2.49. The quantitative estimate of drug-likeness (QED) is 0.718. The van der Waals surface area contributed by atoms with Crippen LogP contribution in [0, 0.1) is 0 Å². The van der Waals surface area contributed by atoms with Crippen LogP contribution in [0.3, 0.4) is 0 Å². The molecule has 0 spiro atoms. The fourth-order valence-electron chi connectivity index (χ4n) is 2.99. The lowest BCUT2D eigenvalue weighted by Gasteiger charge is -2.30. The molecule has 3 heterocycles. The maximum atomic E-state index is 12.8. The van der Waals surface area contributed by atoms with Crippen molar-refractivity contribution in [2.75, 3.05) is 11.4 Å². The van der Waals surface area contributed by atoms with Crippen molar-refractivity contribution >= 4 is 15.7 Å². The molecule has 0 unspecified atom stereocenters. The number of sulfonamides is 1. The van der Waals surface area contributed by atoms with E-state index in [1.165, 1.54) is 25.4 Å². The lowest BCUT2D eigenvalue weighted by molar-refractivity contribution is 0.435. The van der Waals surface area contributed by atoms with Gasteiger partial charge in [-0.25, -0.2) is 18.0 Å². The van der Waals surface area contributed by atoms with Crippen LogP contribution in [-0.4, -0.2) is 30.1 Å². The van der Waals surface area contributed by atoms with Gasteiger partial charge in [0.05, 0.1) is 4.90 Å². The zero-order chi connectivity index (χ0) is 17.8. The van der Waals surface area contributed by atoms with E-state index in [1.54, 1.807) is 36.4 Å². The highest BCUT2D eigenvalue weighted by Crippen LogP contribution is 2.45. The molecule has 0 bridgehead atoms. The van der Waals surface area contributed by atoms with Crippen LogP contribution in [-0.2, 0) is 10.0 Å². The van der Waals surface area contributed by atoms with Gasteiger partial charge in [-0.1, -0.05) is 24.3 Å². The van der Waals surface area contributed by atoms with E-state index in [0.29, 0.717) is 11.1 Å². The Kier molecular flexibility index (Phi) is 3.19. The molecular formula is C17H13N3O4S. The number of fused-ring (bicyclic) bond motifs is 3. The Bertz CT molecular complexity index is 1150. The first kappa shape index (κ1) is 15.4. The molecule has 3 aromatic rings. The zero-order valence-corrected chi connectivity index (χ0v) is 13.9. The van der Waals surface area contributed by atoms with E-state index in [4.69, 9.17) is 0 Å². The normalized spacial score (nSPS) is 14.7. The summed E-state index contributed by atoms with van der Waals surface area (Å²) in [5, 5.41) is 10.7. The lowest BCUT2D eigenvalue weighted by Crippen LogP contribution is -2.33. The third-order valence-electron chi connectivity index (χ3n) is 4.18. The van der Waals surface area contributed by atoms with Crippen LogP contribution in [0.25, 0.3) is 16.9 Å².